The van der Waals surface area contributed by atoms with Crippen LogP contribution in [0.1, 0.15) is 12.8 Å². The molecule has 0 aromatic carbocycles. The Bertz CT molecular complexity index is 604. The van der Waals surface area contributed by atoms with Crippen LogP contribution in [-0.2, 0) is 24.0 Å². The van der Waals surface area contributed by atoms with Gasteiger partial charge in [-0.1, -0.05) is 0 Å². The molecule has 29 heavy (non-hydrogen) atoms. The van der Waals surface area contributed by atoms with Gasteiger partial charge in [-0.15, -0.1) is 0 Å². The second-order valence-corrected chi connectivity index (χ2v) is 6.86. The van der Waals surface area contributed by atoms with Gasteiger partial charge in [0.15, 0.2) is 0 Å². The van der Waals surface area contributed by atoms with Gasteiger partial charge < -0.3 is 42.1 Å². The maximum absolute atomic E-state index is 12.3. The first kappa shape index (κ1) is 26.6. The van der Waals surface area contributed by atoms with Crippen LogP contribution in [-0.4, -0.2) is 99.5 Å². The number of nitrogens with two attached hydrogens (primary N) is 1. The molecular weight excluding hydrogens is 412 g/mol. The summed E-state index contributed by atoms with van der Waals surface area (Å²) in [5.41, 5.74) is 5.29. The summed E-state index contributed by atoms with van der Waals surface area (Å²) in [6, 6.07) is -5.88. The molecule has 0 fully saturated rings. The number of thioether (sulfide) groups is 1. The molecule has 0 aromatic rings. The highest BCUT2D eigenvalue weighted by atomic mass is 32.2. The molecule has 0 saturated heterocycles. The highest BCUT2D eigenvalue weighted by Crippen LogP contribution is 2.02. The lowest BCUT2D eigenvalue weighted by atomic mass is 10.1. The molecule has 0 bridgehead atoms. The van der Waals surface area contributed by atoms with E-state index in [1.807, 2.05) is 5.32 Å². The quantitative estimate of drug-likeness (QED) is 0.130. The molecule has 0 aliphatic rings. The third-order valence-electron chi connectivity index (χ3n) is 3.59. The van der Waals surface area contributed by atoms with E-state index >= 15 is 0 Å². The van der Waals surface area contributed by atoms with E-state index in [1.165, 1.54) is 11.8 Å². The predicted molar refractivity (Wildman–Crippen MR) is 101 cm³/mol. The van der Waals surface area contributed by atoms with Gasteiger partial charge in [-0.05, 0) is 18.4 Å². The number of carboxylic acid groups (broad SMARTS) is 2. The van der Waals surface area contributed by atoms with Gasteiger partial charge in [0.25, 0.3) is 0 Å². The Kier molecular flexibility index (Phi) is 12.6. The van der Waals surface area contributed by atoms with Crippen LogP contribution < -0.4 is 21.7 Å². The van der Waals surface area contributed by atoms with Crippen LogP contribution in [0.5, 0.6) is 0 Å². The van der Waals surface area contributed by atoms with Gasteiger partial charge >= 0.3 is 11.9 Å². The highest BCUT2D eigenvalue weighted by Gasteiger charge is 2.31. The maximum Gasteiger partial charge on any atom is 0.326 e. The molecular formula is C15H26N4O9S. The van der Waals surface area contributed by atoms with Gasteiger partial charge in [0, 0.05) is 0 Å². The van der Waals surface area contributed by atoms with E-state index < -0.39 is 73.5 Å². The number of aliphatic carboxylic acids is 2. The summed E-state index contributed by atoms with van der Waals surface area (Å²) in [5, 5.41) is 42.5. The standard InChI is InChI=1S/C15H26N4O9S/c1-29-3-2-8(15(27)28)17-14(26)10(6-21)19-13(25)9(4-11(22)23)18-12(24)7(16)5-20/h7-10,20-21H,2-6,16H2,1H3,(H,17,26)(H,18,24)(H,19,25)(H,22,23)(H,27,28). The van der Waals surface area contributed by atoms with E-state index in [0.29, 0.717) is 5.75 Å². The lowest BCUT2D eigenvalue weighted by Gasteiger charge is -2.23. The van der Waals surface area contributed by atoms with Crippen molar-refractivity contribution in [1.82, 2.24) is 16.0 Å². The average molecular weight is 438 g/mol. The number of aliphatic hydroxyl groups excluding tert-OH is 2. The Morgan fingerprint density at radius 3 is 1.83 bits per heavy atom. The number of rotatable bonds is 14. The van der Waals surface area contributed by atoms with Gasteiger partial charge in [-0.2, -0.15) is 11.8 Å². The molecule has 0 radical (unpaired) electrons. The first-order valence-corrected chi connectivity index (χ1v) is 9.78. The van der Waals surface area contributed by atoms with Crippen molar-refractivity contribution in [2.75, 3.05) is 25.2 Å². The summed E-state index contributed by atoms with van der Waals surface area (Å²) < 4.78 is 0. The Labute approximate surface area is 170 Å². The van der Waals surface area contributed by atoms with E-state index in [1.54, 1.807) is 6.26 Å². The number of carbonyl (C=O) groups is 5. The molecule has 0 aromatic heterocycles. The fourth-order valence-corrected chi connectivity index (χ4v) is 2.45. The number of hydrogen-bond donors (Lipinski definition) is 8. The van der Waals surface area contributed by atoms with E-state index in [-0.39, 0.29) is 6.42 Å². The summed E-state index contributed by atoms with van der Waals surface area (Å²) in [4.78, 5) is 58.3. The minimum Gasteiger partial charge on any atom is -0.481 e. The smallest absolute Gasteiger partial charge is 0.326 e. The Morgan fingerprint density at radius 1 is 0.862 bits per heavy atom. The van der Waals surface area contributed by atoms with Crippen molar-refractivity contribution in [3.8, 4) is 0 Å². The lowest BCUT2D eigenvalue weighted by Crippen LogP contribution is -2.58. The van der Waals surface area contributed by atoms with Gasteiger partial charge in [0.2, 0.25) is 17.7 Å². The van der Waals surface area contributed by atoms with Crippen molar-refractivity contribution >= 4 is 41.4 Å². The molecule has 3 amide bonds. The van der Waals surface area contributed by atoms with Crippen molar-refractivity contribution in [3.63, 3.8) is 0 Å². The zero-order valence-corrected chi connectivity index (χ0v) is 16.5. The summed E-state index contributed by atoms with van der Waals surface area (Å²) in [7, 11) is 0. The molecule has 166 valence electrons. The third-order valence-corrected chi connectivity index (χ3v) is 4.23. The monoisotopic (exact) mass is 438 g/mol. The zero-order chi connectivity index (χ0) is 22.6. The number of hydrogen-bond acceptors (Lipinski definition) is 9. The fraction of sp³-hybridized carbons (Fsp3) is 0.667. The first-order chi connectivity index (χ1) is 13.6. The molecule has 0 spiro atoms. The van der Waals surface area contributed by atoms with Crippen LogP contribution in [0.15, 0.2) is 0 Å². The van der Waals surface area contributed by atoms with Crippen LogP contribution in [0, 0.1) is 0 Å². The van der Waals surface area contributed by atoms with Crippen LogP contribution in [0.25, 0.3) is 0 Å². The summed E-state index contributed by atoms with van der Waals surface area (Å²) >= 11 is 1.36. The molecule has 4 unspecified atom stereocenters. The van der Waals surface area contributed by atoms with Crippen LogP contribution in [0.3, 0.4) is 0 Å². The predicted octanol–water partition coefficient (Wildman–Crippen LogP) is -3.93. The number of amides is 3. The van der Waals surface area contributed by atoms with Crippen molar-refractivity contribution < 1.29 is 44.4 Å². The Balaban J connectivity index is 5.16. The van der Waals surface area contributed by atoms with Gasteiger partial charge in [-0.25, -0.2) is 4.79 Å². The number of carboxylic acids is 2. The molecule has 14 heteroatoms. The van der Waals surface area contributed by atoms with Crippen LogP contribution in [0.2, 0.25) is 0 Å². The lowest BCUT2D eigenvalue weighted by molar-refractivity contribution is -0.143. The van der Waals surface area contributed by atoms with Crippen molar-refractivity contribution in [3.05, 3.63) is 0 Å². The van der Waals surface area contributed by atoms with Gasteiger partial charge in [-0.3, -0.25) is 19.2 Å². The van der Waals surface area contributed by atoms with Crippen LogP contribution >= 0.6 is 11.8 Å². The number of nitrogens with one attached hydrogen (secondary N) is 3. The van der Waals surface area contributed by atoms with Crippen molar-refractivity contribution in [2.45, 2.75) is 37.0 Å². The fourth-order valence-electron chi connectivity index (χ4n) is 1.98. The Hall–Kier alpha value is -2.42. The second kappa shape index (κ2) is 13.7. The average Bonchev–Trinajstić information content (AvgIpc) is 2.66. The van der Waals surface area contributed by atoms with Crippen molar-refractivity contribution in [1.29, 1.82) is 0 Å². The van der Waals surface area contributed by atoms with Crippen LogP contribution in [0.4, 0.5) is 0 Å². The third kappa shape index (κ3) is 10.1. The molecule has 13 nitrogen and oxygen atoms in total. The SMILES string of the molecule is CSCCC(NC(=O)C(CO)NC(=O)C(CC(=O)O)NC(=O)C(N)CO)C(=O)O. The second-order valence-electron chi connectivity index (χ2n) is 5.87. The normalized spacial score (nSPS) is 14.8. The highest BCUT2D eigenvalue weighted by molar-refractivity contribution is 7.98. The van der Waals surface area contributed by atoms with E-state index in [2.05, 4.69) is 10.6 Å². The minimum atomic E-state index is -1.65. The van der Waals surface area contributed by atoms with Crippen molar-refractivity contribution in [2.24, 2.45) is 5.73 Å². The molecule has 4 atom stereocenters. The molecule has 0 saturated carbocycles. The summed E-state index contributed by atoms with van der Waals surface area (Å²) in [6.45, 7) is -1.65. The minimum absolute atomic E-state index is 0.102. The summed E-state index contributed by atoms with van der Waals surface area (Å²) in [5.74, 6) is -5.43. The van der Waals surface area contributed by atoms with E-state index in [4.69, 9.17) is 21.1 Å². The maximum atomic E-state index is 12.3. The molecule has 9 N–H and O–H groups in total. The zero-order valence-electron chi connectivity index (χ0n) is 15.7. The van der Waals surface area contributed by atoms with Gasteiger partial charge in [0.05, 0.1) is 19.6 Å². The summed E-state index contributed by atoms with van der Waals surface area (Å²) in [6.07, 6.45) is 0.989. The van der Waals surface area contributed by atoms with E-state index in [0.717, 1.165) is 0 Å². The molecule has 0 rings (SSSR count). The van der Waals surface area contributed by atoms with Gasteiger partial charge in [0.1, 0.15) is 24.2 Å². The molecule has 0 aliphatic heterocycles. The Morgan fingerprint density at radius 2 is 1.38 bits per heavy atom. The number of aliphatic hydroxyl groups is 2. The largest absolute Gasteiger partial charge is 0.481 e. The van der Waals surface area contributed by atoms with E-state index in [9.17, 15) is 29.1 Å². The number of carbonyl (C=O) groups excluding carboxylic acids is 3. The first-order valence-electron chi connectivity index (χ1n) is 8.39. The topological polar surface area (TPSA) is 228 Å². The molecule has 0 heterocycles. The molecule has 0 aliphatic carbocycles.